The van der Waals surface area contributed by atoms with Crippen molar-refractivity contribution >= 4 is 11.1 Å². The van der Waals surface area contributed by atoms with Crippen LogP contribution in [0.4, 0.5) is 4.39 Å². The van der Waals surface area contributed by atoms with Crippen molar-refractivity contribution in [2.75, 3.05) is 0 Å². The summed E-state index contributed by atoms with van der Waals surface area (Å²) in [7, 11) is 0. The highest BCUT2D eigenvalue weighted by molar-refractivity contribution is 5.74. The van der Waals surface area contributed by atoms with Gasteiger partial charge in [-0.3, -0.25) is 4.98 Å². The Kier molecular flexibility index (Phi) is 1.93. The van der Waals surface area contributed by atoms with Crippen LogP contribution in [0.15, 0.2) is 47.1 Å². The Hall–Kier alpha value is -2.23. The van der Waals surface area contributed by atoms with E-state index in [4.69, 9.17) is 4.42 Å². The van der Waals surface area contributed by atoms with E-state index in [0.29, 0.717) is 17.0 Å². The molecule has 0 spiro atoms. The van der Waals surface area contributed by atoms with E-state index in [-0.39, 0.29) is 5.82 Å². The molecule has 0 aliphatic carbocycles. The Labute approximate surface area is 90.6 Å². The van der Waals surface area contributed by atoms with Crippen molar-refractivity contribution in [3.05, 3.63) is 48.5 Å². The molecule has 0 unspecified atom stereocenters. The molecule has 0 fully saturated rings. The monoisotopic (exact) mass is 214 g/mol. The maximum absolute atomic E-state index is 12.7. The van der Waals surface area contributed by atoms with Gasteiger partial charge < -0.3 is 4.42 Å². The van der Waals surface area contributed by atoms with E-state index in [2.05, 4.69) is 9.97 Å². The number of fused-ring (bicyclic) bond motifs is 1. The highest BCUT2D eigenvalue weighted by atomic mass is 19.1. The van der Waals surface area contributed by atoms with Crippen molar-refractivity contribution < 1.29 is 8.81 Å². The lowest BCUT2D eigenvalue weighted by atomic mass is 10.2. The van der Waals surface area contributed by atoms with E-state index in [0.717, 1.165) is 5.56 Å². The van der Waals surface area contributed by atoms with Gasteiger partial charge in [-0.1, -0.05) is 0 Å². The first-order chi connectivity index (χ1) is 7.83. The summed E-state index contributed by atoms with van der Waals surface area (Å²) in [6.07, 6.45) is 3.27. The summed E-state index contributed by atoms with van der Waals surface area (Å²) in [5.74, 6) is 0.199. The molecule has 0 aliphatic rings. The van der Waals surface area contributed by atoms with E-state index in [1.54, 1.807) is 30.6 Å². The van der Waals surface area contributed by atoms with Crippen LogP contribution in [-0.4, -0.2) is 9.97 Å². The number of hydrogen-bond donors (Lipinski definition) is 0. The summed E-state index contributed by atoms with van der Waals surface area (Å²) < 4.78 is 18.3. The van der Waals surface area contributed by atoms with Gasteiger partial charge in [0.05, 0.1) is 6.20 Å². The van der Waals surface area contributed by atoms with Crippen LogP contribution >= 0.6 is 0 Å². The zero-order chi connectivity index (χ0) is 11.0. The molecule has 3 rings (SSSR count). The van der Waals surface area contributed by atoms with Crippen molar-refractivity contribution in [3.63, 3.8) is 0 Å². The van der Waals surface area contributed by atoms with Gasteiger partial charge in [-0.2, -0.15) is 0 Å². The third-order valence-electron chi connectivity index (χ3n) is 2.28. The summed E-state index contributed by atoms with van der Waals surface area (Å²) in [5, 5.41) is 0. The first-order valence-corrected chi connectivity index (χ1v) is 4.79. The van der Waals surface area contributed by atoms with Crippen molar-refractivity contribution in [2.24, 2.45) is 0 Å². The van der Waals surface area contributed by atoms with Gasteiger partial charge in [0.25, 0.3) is 0 Å². The predicted molar refractivity (Wildman–Crippen MR) is 57.2 cm³/mol. The van der Waals surface area contributed by atoms with Crippen LogP contribution in [-0.2, 0) is 0 Å². The van der Waals surface area contributed by atoms with Crippen LogP contribution in [0.1, 0.15) is 0 Å². The molecule has 0 amide bonds. The third-order valence-corrected chi connectivity index (χ3v) is 2.28. The Bertz CT molecular complexity index is 598. The first kappa shape index (κ1) is 9.03. The third kappa shape index (κ3) is 1.44. The van der Waals surface area contributed by atoms with Gasteiger partial charge >= 0.3 is 0 Å². The summed E-state index contributed by atoms with van der Waals surface area (Å²) >= 11 is 0. The minimum Gasteiger partial charge on any atom is -0.436 e. The van der Waals surface area contributed by atoms with Crippen LogP contribution in [0.2, 0.25) is 0 Å². The van der Waals surface area contributed by atoms with Gasteiger partial charge in [-0.25, -0.2) is 9.37 Å². The number of oxazole rings is 1. The summed E-state index contributed by atoms with van der Waals surface area (Å²) in [6, 6.07) is 7.77. The standard InChI is InChI=1S/C12H7FN2O/c13-9-3-1-8(2-4-9)12-15-10-7-14-6-5-11(10)16-12/h1-7H. The van der Waals surface area contributed by atoms with E-state index in [1.165, 1.54) is 12.1 Å². The number of aromatic nitrogens is 2. The van der Waals surface area contributed by atoms with Gasteiger partial charge in [0.1, 0.15) is 11.3 Å². The minimum absolute atomic E-state index is 0.276. The minimum atomic E-state index is -0.276. The molecule has 3 aromatic rings. The highest BCUT2D eigenvalue weighted by Gasteiger charge is 2.07. The van der Waals surface area contributed by atoms with E-state index in [9.17, 15) is 4.39 Å². The number of nitrogens with zero attached hydrogens (tertiary/aromatic N) is 2. The molecule has 0 radical (unpaired) electrons. The topological polar surface area (TPSA) is 38.9 Å². The lowest BCUT2D eigenvalue weighted by Gasteiger charge is -1.93. The molecule has 78 valence electrons. The van der Waals surface area contributed by atoms with Crippen molar-refractivity contribution in [3.8, 4) is 11.5 Å². The molecule has 0 aliphatic heterocycles. The molecule has 2 aromatic heterocycles. The van der Waals surface area contributed by atoms with E-state index < -0.39 is 0 Å². The fourth-order valence-electron chi connectivity index (χ4n) is 1.50. The second-order valence-corrected chi connectivity index (χ2v) is 3.37. The molecule has 0 atom stereocenters. The average molecular weight is 214 g/mol. The number of halogens is 1. The Morgan fingerprint density at radius 1 is 1.06 bits per heavy atom. The molecule has 0 saturated carbocycles. The Morgan fingerprint density at radius 3 is 2.62 bits per heavy atom. The predicted octanol–water partition coefficient (Wildman–Crippen LogP) is 3.03. The maximum atomic E-state index is 12.7. The Morgan fingerprint density at radius 2 is 1.88 bits per heavy atom. The van der Waals surface area contributed by atoms with Crippen LogP contribution in [0.5, 0.6) is 0 Å². The van der Waals surface area contributed by atoms with Gasteiger partial charge in [0.2, 0.25) is 5.89 Å². The van der Waals surface area contributed by atoms with E-state index >= 15 is 0 Å². The van der Waals surface area contributed by atoms with E-state index in [1.807, 2.05) is 0 Å². The number of pyridine rings is 1. The number of hydrogen-bond acceptors (Lipinski definition) is 3. The molecule has 4 heteroatoms. The lowest BCUT2D eigenvalue weighted by molar-refractivity contribution is 0.616. The second kappa shape index (κ2) is 3.41. The normalized spacial score (nSPS) is 10.8. The van der Waals surface area contributed by atoms with Crippen molar-refractivity contribution in [2.45, 2.75) is 0 Å². The smallest absolute Gasteiger partial charge is 0.227 e. The molecule has 0 bridgehead atoms. The zero-order valence-corrected chi connectivity index (χ0v) is 8.22. The van der Waals surface area contributed by atoms with Crippen LogP contribution in [0.3, 0.4) is 0 Å². The highest BCUT2D eigenvalue weighted by Crippen LogP contribution is 2.23. The number of benzene rings is 1. The quantitative estimate of drug-likeness (QED) is 0.625. The van der Waals surface area contributed by atoms with Crippen LogP contribution in [0, 0.1) is 5.82 Å². The maximum Gasteiger partial charge on any atom is 0.227 e. The zero-order valence-electron chi connectivity index (χ0n) is 8.22. The summed E-state index contributed by atoms with van der Waals surface area (Å²) in [6.45, 7) is 0. The fraction of sp³-hybridized carbons (Fsp3) is 0. The molecule has 1 aromatic carbocycles. The average Bonchev–Trinajstić information content (AvgIpc) is 2.73. The molecule has 0 saturated heterocycles. The van der Waals surface area contributed by atoms with Crippen LogP contribution < -0.4 is 0 Å². The SMILES string of the molecule is Fc1ccc(-c2nc3cnccc3o2)cc1. The largest absolute Gasteiger partial charge is 0.436 e. The molecule has 3 nitrogen and oxygen atoms in total. The van der Waals surface area contributed by atoms with Crippen molar-refractivity contribution in [1.82, 2.24) is 9.97 Å². The first-order valence-electron chi connectivity index (χ1n) is 4.79. The lowest BCUT2D eigenvalue weighted by Crippen LogP contribution is -1.78. The second-order valence-electron chi connectivity index (χ2n) is 3.37. The molecule has 16 heavy (non-hydrogen) atoms. The molecular weight excluding hydrogens is 207 g/mol. The van der Waals surface area contributed by atoms with Crippen LogP contribution in [0.25, 0.3) is 22.6 Å². The summed E-state index contributed by atoms with van der Waals surface area (Å²) in [4.78, 5) is 8.21. The van der Waals surface area contributed by atoms with Gasteiger partial charge in [-0.15, -0.1) is 0 Å². The van der Waals surface area contributed by atoms with Crippen molar-refractivity contribution in [1.29, 1.82) is 0 Å². The fourth-order valence-corrected chi connectivity index (χ4v) is 1.50. The number of rotatable bonds is 1. The Balaban J connectivity index is 2.15. The molecule has 0 N–H and O–H groups in total. The summed E-state index contributed by atoms with van der Waals surface area (Å²) in [5.41, 5.74) is 2.12. The molecule has 2 heterocycles. The van der Waals surface area contributed by atoms with Gasteiger partial charge in [0.15, 0.2) is 5.58 Å². The molecular formula is C12H7FN2O. The van der Waals surface area contributed by atoms with Gasteiger partial charge in [-0.05, 0) is 24.3 Å². The van der Waals surface area contributed by atoms with Gasteiger partial charge in [0, 0.05) is 17.8 Å².